The number of nitrogens with one attached hydrogen (secondary N) is 2. The smallest absolute Gasteiger partial charge is 0.128 e. The summed E-state index contributed by atoms with van der Waals surface area (Å²) in [5, 5.41) is 3.15. The molecule has 1 heterocycles. The van der Waals surface area contributed by atoms with Gasteiger partial charge in [0.2, 0.25) is 0 Å². The third-order valence-corrected chi connectivity index (χ3v) is 3.14. The number of methoxy groups -OCH3 is 1. The lowest BCUT2D eigenvalue weighted by Gasteiger charge is -2.06. The van der Waals surface area contributed by atoms with E-state index in [4.69, 9.17) is 9.72 Å². The van der Waals surface area contributed by atoms with Gasteiger partial charge in [-0.3, -0.25) is 0 Å². The maximum Gasteiger partial charge on any atom is 0.128 e. The Bertz CT molecular complexity index is 534. The van der Waals surface area contributed by atoms with E-state index in [-0.39, 0.29) is 0 Å². The highest BCUT2D eigenvalue weighted by Gasteiger charge is 2.12. The molecule has 2 aromatic rings. The van der Waals surface area contributed by atoms with Crippen LogP contribution >= 0.6 is 0 Å². The van der Waals surface area contributed by atoms with Crippen molar-refractivity contribution >= 4 is 0 Å². The zero-order valence-corrected chi connectivity index (χ0v) is 11.8. The van der Waals surface area contributed by atoms with Gasteiger partial charge in [-0.15, -0.1) is 0 Å². The number of aromatic amines is 1. The third kappa shape index (κ3) is 3.15. The molecule has 19 heavy (non-hydrogen) atoms. The summed E-state index contributed by atoms with van der Waals surface area (Å²) in [6.07, 6.45) is 2.03. The summed E-state index contributed by atoms with van der Waals surface area (Å²) >= 11 is 0. The second-order valence-electron chi connectivity index (χ2n) is 4.56. The summed E-state index contributed by atoms with van der Waals surface area (Å²) < 4.78 is 5.40. The lowest BCUT2D eigenvalue weighted by atomic mass is 10.1. The number of hydrogen-bond donors (Lipinski definition) is 2. The molecule has 1 aromatic carbocycles. The fourth-order valence-corrected chi connectivity index (χ4v) is 2.18. The highest BCUT2D eigenvalue weighted by molar-refractivity contribution is 5.69. The molecule has 102 valence electrons. The zero-order valence-electron chi connectivity index (χ0n) is 11.8. The van der Waals surface area contributed by atoms with Gasteiger partial charge in [0.05, 0.1) is 12.8 Å². The van der Waals surface area contributed by atoms with E-state index in [2.05, 4.69) is 17.2 Å². The van der Waals surface area contributed by atoms with E-state index in [0.717, 1.165) is 47.9 Å². The number of aryl methyl sites for hydroxylation is 2. The van der Waals surface area contributed by atoms with E-state index in [0.29, 0.717) is 0 Å². The van der Waals surface area contributed by atoms with Crippen LogP contribution in [0.25, 0.3) is 11.3 Å². The monoisotopic (exact) mass is 259 g/mol. The minimum absolute atomic E-state index is 0.860. The Labute approximate surface area is 114 Å². The van der Waals surface area contributed by atoms with Gasteiger partial charge in [-0.25, -0.2) is 4.98 Å². The highest BCUT2D eigenvalue weighted by atomic mass is 16.5. The SMILES string of the molecule is CNCCCc1nc(-c2ccccc2OC)c(C)[nH]1. The second kappa shape index (κ2) is 6.38. The maximum atomic E-state index is 5.40. The Hall–Kier alpha value is -1.81. The van der Waals surface area contributed by atoms with E-state index < -0.39 is 0 Å². The van der Waals surface area contributed by atoms with Crippen LogP contribution in [0.5, 0.6) is 5.75 Å². The number of benzene rings is 1. The molecule has 0 amide bonds. The maximum absolute atomic E-state index is 5.40. The van der Waals surface area contributed by atoms with E-state index in [1.165, 1.54) is 0 Å². The predicted molar refractivity (Wildman–Crippen MR) is 77.6 cm³/mol. The fraction of sp³-hybridized carbons (Fsp3) is 0.400. The van der Waals surface area contributed by atoms with Crippen molar-refractivity contribution in [2.75, 3.05) is 20.7 Å². The van der Waals surface area contributed by atoms with E-state index in [9.17, 15) is 0 Å². The fourth-order valence-electron chi connectivity index (χ4n) is 2.18. The van der Waals surface area contributed by atoms with Crippen molar-refractivity contribution in [3.63, 3.8) is 0 Å². The molecule has 0 atom stereocenters. The van der Waals surface area contributed by atoms with E-state index in [1.807, 2.05) is 31.3 Å². The van der Waals surface area contributed by atoms with Gasteiger partial charge < -0.3 is 15.0 Å². The number of nitrogens with zero attached hydrogens (tertiary/aromatic N) is 1. The van der Waals surface area contributed by atoms with Gasteiger partial charge in [0.25, 0.3) is 0 Å². The zero-order chi connectivity index (χ0) is 13.7. The first-order valence-corrected chi connectivity index (χ1v) is 6.59. The van der Waals surface area contributed by atoms with Gasteiger partial charge in [0.15, 0.2) is 0 Å². The largest absolute Gasteiger partial charge is 0.496 e. The minimum atomic E-state index is 0.860. The first kappa shape index (κ1) is 13.6. The van der Waals surface area contributed by atoms with Crippen LogP contribution in [0.2, 0.25) is 0 Å². The average Bonchev–Trinajstić information content (AvgIpc) is 2.80. The highest BCUT2D eigenvalue weighted by Crippen LogP contribution is 2.30. The molecule has 0 saturated carbocycles. The van der Waals surface area contributed by atoms with Crippen molar-refractivity contribution < 1.29 is 4.74 Å². The molecule has 2 rings (SSSR count). The van der Waals surface area contributed by atoms with E-state index in [1.54, 1.807) is 7.11 Å². The first-order chi connectivity index (χ1) is 9.26. The van der Waals surface area contributed by atoms with Gasteiger partial charge in [-0.05, 0) is 39.1 Å². The number of rotatable bonds is 6. The van der Waals surface area contributed by atoms with Gasteiger partial charge in [0.1, 0.15) is 11.6 Å². The standard InChI is InChI=1S/C15H21N3O/c1-11-15(12-7-4-5-8-13(12)19-3)18-14(17-11)9-6-10-16-2/h4-5,7-8,16H,6,9-10H2,1-3H3,(H,17,18). The van der Waals surface area contributed by atoms with Crippen molar-refractivity contribution in [1.82, 2.24) is 15.3 Å². The summed E-state index contributed by atoms with van der Waals surface area (Å²) in [7, 11) is 3.66. The molecular formula is C15H21N3O. The van der Waals surface area contributed by atoms with Crippen LogP contribution in [-0.2, 0) is 6.42 Å². The lowest BCUT2D eigenvalue weighted by molar-refractivity contribution is 0.416. The first-order valence-electron chi connectivity index (χ1n) is 6.59. The molecule has 0 spiro atoms. The van der Waals surface area contributed by atoms with Crippen LogP contribution in [-0.4, -0.2) is 30.7 Å². The topological polar surface area (TPSA) is 49.9 Å². The number of aromatic nitrogens is 2. The molecule has 0 aliphatic carbocycles. The van der Waals surface area contributed by atoms with Gasteiger partial charge in [0, 0.05) is 17.7 Å². The number of para-hydroxylation sites is 1. The van der Waals surface area contributed by atoms with E-state index >= 15 is 0 Å². The number of imidazole rings is 1. The Morgan fingerprint density at radius 3 is 2.84 bits per heavy atom. The summed E-state index contributed by atoms with van der Waals surface area (Å²) in [5.41, 5.74) is 3.11. The van der Waals surface area contributed by atoms with Crippen molar-refractivity contribution in [2.24, 2.45) is 0 Å². The molecule has 0 saturated heterocycles. The Morgan fingerprint density at radius 1 is 1.32 bits per heavy atom. The minimum Gasteiger partial charge on any atom is -0.496 e. The van der Waals surface area contributed by atoms with Crippen LogP contribution in [0, 0.1) is 6.92 Å². The third-order valence-electron chi connectivity index (χ3n) is 3.14. The second-order valence-corrected chi connectivity index (χ2v) is 4.56. The Morgan fingerprint density at radius 2 is 2.11 bits per heavy atom. The molecule has 4 nitrogen and oxygen atoms in total. The van der Waals surface area contributed by atoms with Crippen LogP contribution in [0.1, 0.15) is 17.9 Å². The molecule has 2 N–H and O–H groups in total. The van der Waals surface area contributed by atoms with Gasteiger partial charge >= 0.3 is 0 Å². The molecule has 0 bridgehead atoms. The Balaban J connectivity index is 2.25. The summed E-state index contributed by atoms with van der Waals surface area (Å²) in [4.78, 5) is 8.06. The number of ether oxygens (including phenoxy) is 1. The number of H-pyrrole nitrogens is 1. The van der Waals surface area contributed by atoms with Crippen LogP contribution in [0.3, 0.4) is 0 Å². The molecule has 0 aliphatic heterocycles. The van der Waals surface area contributed by atoms with Crippen molar-refractivity contribution in [1.29, 1.82) is 0 Å². The summed E-state index contributed by atoms with van der Waals surface area (Å²) in [6.45, 7) is 3.06. The van der Waals surface area contributed by atoms with Crippen molar-refractivity contribution in [2.45, 2.75) is 19.8 Å². The van der Waals surface area contributed by atoms with Gasteiger partial charge in [-0.2, -0.15) is 0 Å². The van der Waals surface area contributed by atoms with Crippen molar-refractivity contribution in [3.05, 3.63) is 35.8 Å². The molecular weight excluding hydrogens is 238 g/mol. The van der Waals surface area contributed by atoms with Gasteiger partial charge in [-0.1, -0.05) is 12.1 Å². The van der Waals surface area contributed by atoms with Crippen molar-refractivity contribution in [3.8, 4) is 17.0 Å². The van der Waals surface area contributed by atoms with Crippen LogP contribution in [0.15, 0.2) is 24.3 Å². The lowest BCUT2D eigenvalue weighted by Crippen LogP contribution is -2.08. The molecule has 0 fully saturated rings. The molecule has 0 radical (unpaired) electrons. The quantitative estimate of drug-likeness (QED) is 0.784. The predicted octanol–water partition coefficient (Wildman–Crippen LogP) is 2.55. The molecule has 0 aliphatic rings. The number of hydrogen-bond acceptors (Lipinski definition) is 3. The van der Waals surface area contributed by atoms with Crippen LogP contribution in [0.4, 0.5) is 0 Å². The Kier molecular flexibility index (Phi) is 4.58. The normalized spacial score (nSPS) is 10.7. The van der Waals surface area contributed by atoms with Crippen LogP contribution < -0.4 is 10.1 Å². The molecule has 1 aromatic heterocycles. The summed E-state index contributed by atoms with van der Waals surface area (Å²) in [5.74, 6) is 1.90. The molecule has 4 heteroatoms. The summed E-state index contributed by atoms with van der Waals surface area (Å²) in [6, 6.07) is 7.98. The molecule has 0 unspecified atom stereocenters. The average molecular weight is 259 g/mol.